The number of ether oxygens (including phenoxy) is 2. The van der Waals surface area contributed by atoms with E-state index in [0.717, 1.165) is 49.5 Å². The van der Waals surface area contributed by atoms with E-state index in [-0.39, 0.29) is 29.3 Å². The zero-order chi connectivity index (χ0) is 17.8. The molecular weight excluding hydrogens is 344 g/mol. The van der Waals surface area contributed by atoms with Crippen molar-refractivity contribution < 1.29 is 19.4 Å². The van der Waals surface area contributed by atoms with Crippen molar-refractivity contribution in [3.05, 3.63) is 17.7 Å². The lowest BCUT2D eigenvalue weighted by molar-refractivity contribution is -0.189. The van der Waals surface area contributed by atoms with Crippen LogP contribution in [0.1, 0.15) is 37.7 Å². The van der Waals surface area contributed by atoms with Crippen LogP contribution in [0.25, 0.3) is 0 Å². The summed E-state index contributed by atoms with van der Waals surface area (Å²) in [6.45, 7) is 2.11. The zero-order valence-electron chi connectivity index (χ0n) is 15.1. The Morgan fingerprint density at radius 2 is 2.15 bits per heavy atom. The number of anilines is 1. The van der Waals surface area contributed by atoms with Gasteiger partial charge in [0, 0.05) is 18.5 Å². The van der Waals surface area contributed by atoms with Crippen molar-refractivity contribution in [1.82, 2.24) is 4.90 Å². The summed E-state index contributed by atoms with van der Waals surface area (Å²) in [5, 5.41) is 15.7. The number of carbonyl (C=O) groups excluding carboxylic acids is 1. The van der Waals surface area contributed by atoms with Crippen molar-refractivity contribution in [2.45, 2.75) is 54.7 Å². The van der Waals surface area contributed by atoms with Gasteiger partial charge in [0.05, 0.1) is 16.6 Å². The smallest absolute Gasteiger partial charge is 0.231 e. The van der Waals surface area contributed by atoms with Crippen LogP contribution < -0.4 is 14.8 Å². The van der Waals surface area contributed by atoms with Crippen molar-refractivity contribution in [2.24, 2.45) is 11.3 Å². The summed E-state index contributed by atoms with van der Waals surface area (Å²) in [5.74, 6) is 1.51. The van der Waals surface area contributed by atoms with E-state index in [9.17, 15) is 9.90 Å². The predicted octanol–water partition coefficient (Wildman–Crippen LogP) is 1.41. The van der Waals surface area contributed by atoms with E-state index in [0.29, 0.717) is 12.5 Å². The Morgan fingerprint density at radius 1 is 1.22 bits per heavy atom. The van der Waals surface area contributed by atoms with Crippen LogP contribution in [0.15, 0.2) is 12.1 Å². The molecule has 4 heterocycles. The summed E-state index contributed by atoms with van der Waals surface area (Å²) < 4.78 is 11.5. The quantitative estimate of drug-likeness (QED) is 0.724. The molecule has 1 unspecified atom stereocenters. The van der Waals surface area contributed by atoms with Crippen LogP contribution in [0.2, 0.25) is 0 Å². The predicted molar refractivity (Wildman–Crippen MR) is 94.9 cm³/mol. The van der Waals surface area contributed by atoms with Crippen LogP contribution in [0.4, 0.5) is 5.69 Å². The molecule has 6 atom stereocenters. The Bertz CT molecular complexity index is 979. The van der Waals surface area contributed by atoms with Crippen molar-refractivity contribution in [2.75, 3.05) is 25.2 Å². The minimum absolute atomic E-state index is 0.0648. The number of fused-ring (bicyclic) bond motifs is 4. The highest BCUT2D eigenvalue weighted by Crippen LogP contribution is 2.81. The molecule has 0 radical (unpaired) electrons. The van der Waals surface area contributed by atoms with Gasteiger partial charge in [-0.1, -0.05) is 6.07 Å². The average Bonchev–Trinajstić information content (AvgIpc) is 3.36. The lowest BCUT2D eigenvalue weighted by atomic mass is 9.40. The Kier molecular flexibility index (Phi) is 1.96. The van der Waals surface area contributed by atoms with Crippen LogP contribution in [0, 0.1) is 11.3 Å². The second kappa shape index (κ2) is 3.72. The molecule has 9 rings (SSSR count). The Balaban J connectivity index is 1.52. The molecule has 1 aromatic carbocycles. The Morgan fingerprint density at radius 3 is 3.07 bits per heavy atom. The number of carbonyl (C=O) groups is 1. The SMILES string of the molecule is O=C1C2CN3CCC[C@]45CC[C@@]6(Nc7c(ccc8c7OCO8)[C@@]26[C@@H]34)[C@]1(O)C5. The van der Waals surface area contributed by atoms with Crippen molar-refractivity contribution in [3.8, 4) is 11.5 Å². The number of aliphatic hydroxyl groups is 1. The number of rotatable bonds is 0. The third-order valence-corrected chi connectivity index (χ3v) is 9.53. The minimum atomic E-state index is -1.26. The van der Waals surface area contributed by atoms with Gasteiger partial charge in [-0.05, 0) is 55.7 Å². The first kappa shape index (κ1) is 14.2. The number of ketones is 1. The number of Topliss-reactive ketones (excluding diaryl/α,β-unsaturated/α-hetero) is 1. The van der Waals surface area contributed by atoms with Crippen LogP contribution in [0.3, 0.4) is 0 Å². The van der Waals surface area contributed by atoms with Crippen molar-refractivity contribution in [3.63, 3.8) is 0 Å². The van der Waals surface area contributed by atoms with E-state index >= 15 is 0 Å². The van der Waals surface area contributed by atoms with Crippen LogP contribution in [-0.2, 0) is 10.2 Å². The highest BCUT2D eigenvalue weighted by Gasteiger charge is 2.91. The molecule has 6 heteroatoms. The number of nitrogens with zero attached hydrogens (tertiary/aromatic N) is 1. The van der Waals surface area contributed by atoms with E-state index in [1.54, 1.807) is 0 Å². The second-order valence-electron chi connectivity index (χ2n) is 9.94. The van der Waals surface area contributed by atoms with Crippen molar-refractivity contribution in [1.29, 1.82) is 0 Å². The number of hydrogen-bond donors (Lipinski definition) is 2. The first-order valence-corrected chi connectivity index (χ1v) is 10.3. The largest absolute Gasteiger partial charge is 0.454 e. The summed E-state index contributed by atoms with van der Waals surface area (Å²) in [6, 6.07) is 4.50. The lowest BCUT2D eigenvalue weighted by Crippen LogP contribution is -2.80. The highest BCUT2D eigenvalue weighted by atomic mass is 16.7. The van der Waals surface area contributed by atoms with E-state index in [1.165, 1.54) is 12.0 Å². The van der Waals surface area contributed by atoms with Crippen LogP contribution in [-0.4, -0.2) is 52.9 Å². The fraction of sp³-hybridized carbons (Fsp3) is 0.667. The van der Waals surface area contributed by atoms with E-state index < -0.39 is 11.1 Å². The van der Waals surface area contributed by atoms with Gasteiger partial charge in [0.25, 0.3) is 0 Å². The maximum absolute atomic E-state index is 13.7. The summed E-state index contributed by atoms with van der Waals surface area (Å²) in [5.41, 5.74) is 0.0527. The molecule has 4 aliphatic heterocycles. The molecule has 2 saturated heterocycles. The third kappa shape index (κ3) is 1.06. The van der Waals surface area contributed by atoms with Gasteiger partial charge < -0.3 is 19.9 Å². The molecule has 8 aliphatic rings. The molecule has 1 aromatic rings. The van der Waals surface area contributed by atoms with Gasteiger partial charge in [-0.2, -0.15) is 0 Å². The monoisotopic (exact) mass is 366 g/mol. The van der Waals surface area contributed by atoms with Crippen molar-refractivity contribution >= 4 is 11.5 Å². The standard InChI is InChI=1S/C21H22N2O4/c24-16-12-8-23-7-1-4-18-5-6-20(19(16,25)9-18)21(12,17(18)23)11-2-3-13-15(14(11)22-20)27-10-26-13/h2-3,12,17,22,25H,1,4-10H2/t12?,17-,18+,19-,20+,21-/m0/s1. The van der Waals surface area contributed by atoms with Gasteiger partial charge >= 0.3 is 0 Å². The Hall–Kier alpha value is -1.79. The molecule has 0 amide bonds. The Labute approximate surface area is 156 Å². The molecule has 4 bridgehead atoms. The number of nitrogens with one attached hydrogen (secondary N) is 1. The third-order valence-electron chi connectivity index (χ3n) is 9.53. The lowest BCUT2D eigenvalue weighted by Gasteiger charge is -2.68. The molecule has 140 valence electrons. The summed E-state index contributed by atoms with van der Waals surface area (Å²) in [6.07, 6.45) is 4.89. The fourth-order valence-corrected chi connectivity index (χ4v) is 9.11. The van der Waals surface area contributed by atoms with Gasteiger partial charge in [0.2, 0.25) is 6.79 Å². The number of piperidine rings is 1. The van der Waals surface area contributed by atoms with Gasteiger partial charge in [-0.25, -0.2) is 0 Å². The second-order valence-corrected chi connectivity index (χ2v) is 9.94. The minimum Gasteiger partial charge on any atom is -0.454 e. The maximum Gasteiger partial charge on any atom is 0.231 e. The molecule has 27 heavy (non-hydrogen) atoms. The van der Waals surface area contributed by atoms with Gasteiger partial charge in [0.15, 0.2) is 17.3 Å². The topological polar surface area (TPSA) is 71.0 Å². The van der Waals surface area contributed by atoms with Gasteiger partial charge in [0.1, 0.15) is 5.60 Å². The average molecular weight is 366 g/mol. The summed E-state index contributed by atoms with van der Waals surface area (Å²) in [4.78, 5) is 16.3. The molecule has 4 saturated carbocycles. The number of benzene rings is 1. The van der Waals surface area contributed by atoms with Gasteiger partial charge in [-0.15, -0.1) is 0 Å². The molecule has 6 nitrogen and oxygen atoms in total. The molecule has 0 aromatic heterocycles. The molecule has 4 aliphatic carbocycles. The van der Waals surface area contributed by atoms with E-state index in [4.69, 9.17) is 9.47 Å². The molecule has 3 spiro atoms. The summed E-state index contributed by atoms with van der Waals surface area (Å²) >= 11 is 0. The first-order chi connectivity index (χ1) is 13.1. The fourth-order valence-electron chi connectivity index (χ4n) is 9.11. The maximum atomic E-state index is 13.7. The molecule has 6 fully saturated rings. The summed E-state index contributed by atoms with van der Waals surface area (Å²) in [7, 11) is 0. The number of hydrogen-bond acceptors (Lipinski definition) is 6. The van der Waals surface area contributed by atoms with E-state index in [1.807, 2.05) is 6.07 Å². The van der Waals surface area contributed by atoms with Gasteiger partial charge in [-0.3, -0.25) is 9.69 Å². The first-order valence-electron chi connectivity index (χ1n) is 10.3. The normalized spacial score (nSPS) is 52.1. The van der Waals surface area contributed by atoms with Crippen LogP contribution >= 0.6 is 0 Å². The zero-order valence-corrected chi connectivity index (χ0v) is 15.1. The van der Waals surface area contributed by atoms with Crippen LogP contribution in [0.5, 0.6) is 11.5 Å². The molecular formula is C21H22N2O4. The van der Waals surface area contributed by atoms with E-state index in [2.05, 4.69) is 16.3 Å². The molecule has 2 N–H and O–H groups in total. The highest BCUT2D eigenvalue weighted by molar-refractivity contribution is 6.03.